The van der Waals surface area contributed by atoms with Gasteiger partial charge in [0.2, 0.25) is 5.75 Å². The lowest BCUT2D eigenvalue weighted by Gasteiger charge is -2.22. The van der Waals surface area contributed by atoms with E-state index in [-0.39, 0.29) is 11.3 Å². The molecule has 8 nitrogen and oxygen atoms in total. The largest absolute Gasteiger partial charge is 0.493 e. The van der Waals surface area contributed by atoms with E-state index >= 15 is 0 Å². The maximum absolute atomic E-state index is 8.81. The van der Waals surface area contributed by atoms with Crippen molar-refractivity contribution in [3.8, 4) is 17.2 Å². The van der Waals surface area contributed by atoms with Gasteiger partial charge in [0.25, 0.3) is 5.96 Å². The Morgan fingerprint density at radius 2 is 1.90 bits per heavy atom. The molecule has 1 aromatic rings. The van der Waals surface area contributed by atoms with Crippen LogP contribution in [-0.2, 0) is 0 Å². The first-order valence-corrected chi connectivity index (χ1v) is 6.85. The van der Waals surface area contributed by atoms with Crippen molar-refractivity contribution in [3.05, 3.63) is 17.7 Å². The van der Waals surface area contributed by atoms with Crippen LogP contribution < -0.4 is 19.9 Å². The predicted octanol–water partition coefficient (Wildman–Crippen LogP) is 1.41. The zero-order chi connectivity index (χ0) is 15.4. The second-order valence-electron chi connectivity index (χ2n) is 3.97. The molecule has 0 saturated heterocycles. The number of methoxy groups -OCH3 is 3. The minimum atomic E-state index is -0.283. The number of rotatable bonds is 4. The molecule has 0 spiro atoms. The Balaban J connectivity index is 2.45. The number of oxime groups is 1. The molecule has 0 amide bonds. The van der Waals surface area contributed by atoms with E-state index in [2.05, 4.69) is 10.3 Å². The van der Waals surface area contributed by atoms with E-state index in [4.69, 9.17) is 25.2 Å². The molecule has 0 saturated carbocycles. The van der Waals surface area contributed by atoms with Gasteiger partial charge >= 0.3 is 0 Å². The first kappa shape index (κ1) is 15.1. The molecule has 1 aliphatic heterocycles. The lowest BCUT2D eigenvalue weighted by Crippen LogP contribution is -2.33. The molecule has 1 heterocycles. The fourth-order valence-electron chi connectivity index (χ4n) is 1.94. The zero-order valence-electron chi connectivity index (χ0n) is 11.8. The summed E-state index contributed by atoms with van der Waals surface area (Å²) in [5, 5.41) is 17.0. The highest BCUT2D eigenvalue weighted by Crippen LogP contribution is 2.44. The van der Waals surface area contributed by atoms with Crippen molar-refractivity contribution in [3.63, 3.8) is 0 Å². The van der Waals surface area contributed by atoms with Gasteiger partial charge in [0.05, 0.1) is 26.9 Å². The number of hydrogen-bond acceptors (Lipinski definition) is 7. The third kappa shape index (κ3) is 2.77. The van der Waals surface area contributed by atoms with E-state index < -0.39 is 0 Å². The van der Waals surface area contributed by atoms with Crippen LogP contribution in [-0.4, -0.2) is 43.1 Å². The molecule has 3 N–H and O–H groups in total. The van der Waals surface area contributed by atoms with Crippen molar-refractivity contribution in [2.45, 2.75) is 5.37 Å². The van der Waals surface area contributed by atoms with Crippen LogP contribution in [0.15, 0.2) is 22.4 Å². The Kier molecular flexibility index (Phi) is 4.63. The van der Waals surface area contributed by atoms with E-state index in [0.717, 1.165) is 5.56 Å². The number of guanidine groups is 1. The smallest absolute Gasteiger partial charge is 0.255 e. The van der Waals surface area contributed by atoms with Crippen LogP contribution in [0.5, 0.6) is 17.2 Å². The quantitative estimate of drug-likeness (QED) is 0.375. The summed E-state index contributed by atoms with van der Waals surface area (Å²) >= 11 is 1.41. The molecule has 0 aliphatic carbocycles. The number of nitrogens with zero attached hydrogens (tertiary/aromatic N) is 3. The van der Waals surface area contributed by atoms with E-state index in [1.54, 1.807) is 31.9 Å². The number of hydrazone groups is 1. The third-order valence-corrected chi connectivity index (χ3v) is 3.84. The molecule has 9 heteroatoms. The van der Waals surface area contributed by atoms with Gasteiger partial charge in [-0.15, -0.1) is 0 Å². The van der Waals surface area contributed by atoms with Gasteiger partial charge in [-0.05, 0) is 22.9 Å². The van der Waals surface area contributed by atoms with Crippen molar-refractivity contribution in [2.24, 2.45) is 16.0 Å². The average Bonchev–Trinajstić information content (AvgIpc) is 3.02. The van der Waals surface area contributed by atoms with Crippen LogP contribution in [0, 0.1) is 0 Å². The maximum atomic E-state index is 8.81. The molecule has 0 fully saturated rings. The first-order valence-electron chi connectivity index (χ1n) is 5.90. The van der Waals surface area contributed by atoms with Gasteiger partial charge in [-0.3, -0.25) is 0 Å². The second-order valence-corrected chi connectivity index (χ2v) is 4.90. The van der Waals surface area contributed by atoms with Crippen LogP contribution in [0.1, 0.15) is 10.9 Å². The molecule has 1 atom stereocenters. The van der Waals surface area contributed by atoms with Gasteiger partial charge in [0.15, 0.2) is 11.5 Å². The first-order chi connectivity index (χ1) is 10.2. The van der Waals surface area contributed by atoms with Crippen molar-refractivity contribution in [1.29, 1.82) is 0 Å². The predicted molar refractivity (Wildman–Crippen MR) is 80.2 cm³/mol. The van der Waals surface area contributed by atoms with Crippen molar-refractivity contribution in [1.82, 2.24) is 5.01 Å². The van der Waals surface area contributed by atoms with Crippen LogP contribution in [0.25, 0.3) is 0 Å². The molecule has 1 unspecified atom stereocenters. The monoisotopic (exact) mass is 312 g/mol. The van der Waals surface area contributed by atoms with E-state index in [0.29, 0.717) is 17.2 Å². The topological polar surface area (TPSA) is 102 Å². The highest BCUT2D eigenvalue weighted by atomic mass is 32.2. The van der Waals surface area contributed by atoms with Crippen LogP contribution >= 0.6 is 11.8 Å². The van der Waals surface area contributed by atoms with Gasteiger partial charge in [-0.1, -0.05) is 11.8 Å². The highest BCUT2D eigenvalue weighted by Gasteiger charge is 2.29. The van der Waals surface area contributed by atoms with Crippen molar-refractivity contribution in [2.75, 3.05) is 21.3 Å². The molecule has 114 valence electrons. The number of hydrogen-bond donors (Lipinski definition) is 2. The Morgan fingerprint density at radius 1 is 1.29 bits per heavy atom. The third-order valence-electron chi connectivity index (χ3n) is 2.89. The second kappa shape index (κ2) is 6.44. The standard InChI is InChI=1S/C12H16N4O4S/c1-18-8-4-7(5-9(19-2)10(8)20-3)11-16(12(13)15-17)14-6-21-11/h4-6,11,17H,1-3H3,(H2,13,15). The normalized spacial score (nSPS) is 18.0. The lowest BCUT2D eigenvalue weighted by atomic mass is 10.1. The summed E-state index contributed by atoms with van der Waals surface area (Å²) in [6.45, 7) is 0. The molecule has 21 heavy (non-hydrogen) atoms. The Bertz CT molecular complexity index is 553. The van der Waals surface area contributed by atoms with Crippen LogP contribution in [0.2, 0.25) is 0 Å². The minimum absolute atomic E-state index is 0.102. The minimum Gasteiger partial charge on any atom is -0.493 e. The van der Waals surface area contributed by atoms with Crippen molar-refractivity contribution >= 4 is 23.3 Å². The molecule has 0 bridgehead atoms. The molecular weight excluding hydrogens is 296 g/mol. The summed E-state index contributed by atoms with van der Waals surface area (Å²) in [6.07, 6.45) is 0. The average molecular weight is 312 g/mol. The van der Waals surface area contributed by atoms with Gasteiger partial charge in [-0.25, -0.2) is 5.01 Å². The summed E-state index contributed by atoms with van der Waals surface area (Å²) in [5.74, 6) is 1.45. The molecule has 1 aliphatic rings. The summed E-state index contributed by atoms with van der Waals surface area (Å²) < 4.78 is 15.9. The fraction of sp³-hybridized carbons (Fsp3) is 0.333. The SMILES string of the molecule is COc1cc(C2SC=NN2C(N)=NO)cc(OC)c1OC. The Labute approximate surface area is 126 Å². The van der Waals surface area contributed by atoms with Crippen LogP contribution in [0.4, 0.5) is 0 Å². The number of ether oxygens (including phenoxy) is 3. The number of nitrogens with two attached hydrogens (primary N) is 1. The van der Waals surface area contributed by atoms with Gasteiger partial charge in [-0.2, -0.15) is 5.10 Å². The molecule has 0 radical (unpaired) electrons. The molecule has 2 rings (SSSR count). The van der Waals surface area contributed by atoms with E-state index in [1.807, 2.05) is 0 Å². The van der Waals surface area contributed by atoms with Gasteiger partial charge in [0.1, 0.15) is 5.37 Å². The summed E-state index contributed by atoms with van der Waals surface area (Å²) in [6, 6.07) is 3.59. The summed E-state index contributed by atoms with van der Waals surface area (Å²) in [5.41, 5.74) is 8.05. The Morgan fingerprint density at radius 3 is 2.38 bits per heavy atom. The Hall–Kier alpha value is -2.29. The highest BCUT2D eigenvalue weighted by molar-refractivity contribution is 8.12. The summed E-state index contributed by atoms with van der Waals surface area (Å²) in [7, 11) is 4.62. The number of benzene rings is 1. The van der Waals surface area contributed by atoms with Gasteiger partial charge < -0.3 is 25.2 Å². The summed E-state index contributed by atoms with van der Waals surface area (Å²) in [4.78, 5) is 0. The molecule has 1 aromatic carbocycles. The van der Waals surface area contributed by atoms with Crippen LogP contribution in [0.3, 0.4) is 0 Å². The fourth-order valence-corrected chi connectivity index (χ4v) is 2.78. The van der Waals surface area contributed by atoms with Gasteiger partial charge in [0, 0.05) is 0 Å². The van der Waals surface area contributed by atoms with E-state index in [1.165, 1.54) is 23.9 Å². The zero-order valence-corrected chi connectivity index (χ0v) is 12.6. The number of thioether (sulfide) groups is 1. The van der Waals surface area contributed by atoms with E-state index in [9.17, 15) is 0 Å². The molecule has 0 aromatic heterocycles. The lowest BCUT2D eigenvalue weighted by molar-refractivity contribution is 0.297. The maximum Gasteiger partial charge on any atom is 0.255 e. The van der Waals surface area contributed by atoms with Crippen molar-refractivity contribution < 1.29 is 19.4 Å². The molecular formula is C12H16N4O4S.